The van der Waals surface area contributed by atoms with Crippen LogP contribution >= 0.6 is 31.9 Å². The van der Waals surface area contributed by atoms with Crippen LogP contribution in [0.3, 0.4) is 0 Å². The molecule has 2 aromatic carbocycles. The Bertz CT molecular complexity index is 642. The number of hydrogen-bond acceptors (Lipinski definition) is 2. The third-order valence-corrected chi connectivity index (χ3v) is 4.49. The molecule has 0 aliphatic carbocycles. The van der Waals surface area contributed by atoms with Crippen molar-refractivity contribution in [3.05, 3.63) is 62.0 Å². The standard InChI is InChI=1S/C16H15Br2NO/c17-13-3-1-2-10(6-13)15(19)9-12-8-14(18)7-11-4-5-20-16(11)12/h1-3,6-8,15H,4-5,9,19H2. The maximum atomic E-state index is 6.35. The first-order valence-corrected chi connectivity index (χ1v) is 8.17. The highest BCUT2D eigenvalue weighted by molar-refractivity contribution is 9.10. The molecular weight excluding hydrogens is 382 g/mol. The van der Waals surface area contributed by atoms with E-state index in [2.05, 4.69) is 56.1 Å². The largest absolute Gasteiger partial charge is 0.493 e. The van der Waals surface area contributed by atoms with Crippen LogP contribution in [0.5, 0.6) is 5.75 Å². The first-order chi connectivity index (χ1) is 9.63. The summed E-state index contributed by atoms with van der Waals surface area (Å²) in [5, 5.41) is 0. The highest BCUT2D eigenvalue weighted by Gasteiger charge is 2.19. The van der Waals surface area contributed by atoms with Crippen molar-refractivity contribution in [3.63, 3.8) is 0 Å². The zero-order chi connectivity index (χ0) is 14.1. The molecule has 1 unspecified atom stereocenters. The third-order valence-electron chi connectivity index (χ3n) is 3.54. The molecule has 1 aliphatic rings. The van der Waals surface area contributed by atoms with E-state index in [1.165, 1.54) is 11.1 Å². The van der Waals surface area contributed by atoms with Crippen LogP contribution in [0.2, 0.25) is 0 Å². The minimum atomic E-state index is -0.0323. The number of rotatable bonds is 3. The summed E-state index contributed by atoms with van der Waals surface area (Å²) in [5.41, 5.74) is 9.93. The van der Waals surface area contributed by atoms with Gasteiger partial charge in [0, 0.05) is 21.4 Å². The van der Waals surface area contributed by atoms with E-state index in [0.29, 0.717) is 0 Å². The molecule has 1 aliphatic heterocycles. The van der Waals surface area contributed by atoms with Crippen molar-refractivity contribution in [2.75, 3.05) is 6.61 Å². The van der Waals surface area contributed by atoms with Gasteiger partial charge >= 0.3 is 0 Å². The molecule has 4 heteroatoms. The van der Waals surface area contributed by atoms with Gasteiger partial charge in [-0.05, 0) is 47.4 Å². The first-order valence-electron chi connectivity index (χ1n) is 6.58. The quantitative estimate of drug-likeness (QED) is 0.834. The van der Waals surface area contributed by atoms with E-state index < -0.39 is 0 Å². The summed E-state index contributed by atoms with van der Waals surface area (Å²) in [6, 6.07) is 12.4. The summed E-state index contributed by atoms with van der Waals surface area (Å²) in [7, 11) is 0. The normalized spacial score (nSPS) is 14.8. The van der Waals surface area contributed by atoms with Crippen molar-refractivity contribution < 1.29 is 4.74 Å². The van der Waals surface area contributed by atoms with Gasteiger partial charge in [0.05, 0.1) is 6.61 Å². The molecule has 0 amide bonds. The molecule has 0 aromatic heterocycles. The molecule has 2 aromatic rings. The highest BCUT2D eigenvalue weighted by Crippen LogP contribution is 2.35. The summed E-state index contributed by atoms with van der Waals surface area (Å²) in [4.78, 5) is 0. The maximum absolute atomic E-state index is 6.35. The van der Waals surface area contributed by atoms with Gasteiger partial charge in [0.25, 0.3) is 0 Å². The smallest absolute Gasteiger partial charge is 0.125 e. The molecule has 0 spiro atoms. The Kier molecular flexibility index (Phi) is 4.15. The Morgan fingerprint density at radius 2 is 2.00 bits per heavy atom. The van der Waals surface area contributed by atoms with Crippen molar-refractivity contribution in [1.82, 2.24) is 0 Å². The summed E-state index contributed by atoms with van der Waals surface area (Å²) < 4.78 is 7.91. The number of nitrogens with two attached hydrogens (primary N) is 1. The molecule has 104 valence electrons. The zero-order valence-corrected chi connectivity index (χ0v) is 14.1. The van der Waals surface area contributed by atoms with Crippen LogP contribution in [-0.2, 0) is 12.8 Å². The average Bonchev–Trinajstić information content (AvgIpc) is 2.86. The van der Waals surface area contributed by atoms with Crippen LogP contribution in [0.15, 0.2) is 45.3 Å². The van der Waals surface area contributed by atoms with E-state index in [0.717, 1.165) is 39.7 Å². The van der Waals surface area contributed by atoms with Gasteiger partial charge in [-0.3, -0.25) is 0 Å². The average molecular weight is 397 g/mol. The Morgan fingerprint density at radius 1 is 1.15 bits per heavy atom. The fraction of sp³-hybridized carbons (Fsp3) is 0.250. The third kappa shape index (κ3) is 2.92. The molecule has 0 radical (unpaired) electrons. The maximum Gasteiger partial charge on any atom is 0.125 e. The number of ether oxygens (including phenoxy) is 1. The van der Waals surface area contributed by atoms with Crippen LogP contribution in [-0.4, -0.2) is 6.61 Å². The van der Waals surface area contributed by atoms with Crippen molar-refractivity contribution in [2.24, 2.45) is 5.73 Å². The van der Waals surface area contributed by atoms with Crippen molar-refractivity contribution in [1.29, 1.82) is 0 Å². The fourth-order valence-electron chi connectivity index (χ4n) is 2.59. The lowest BCUT2D eigenvalue weighted by Crippen LogP contribution is -2.13. The van der Waals surface area contributed by atoms with E-state index in [4.69, 9.17) is 10.5 Å². The molecular formula is C16H15Br2NO. The Labute approximate surface area is 135 Å². The van der Waals surface area contributed by atoms with E-state index in [1.54, 1.807) is 0 Å². The zero-order valence-electron chi connectivity index (χ0n) is 10.9. The molecule has 0 saturated heterocycles. The summed E-state index contributed by atoms with van der Waals surface area (Å²) >= 11 is 7.06. The van der Waals surface area contributed by atoms with Crippen LogP contribution in [0, 0.1) is 0 Å². The second-order valence-electron chi connectivity index (χ2n) is 5.02. The molecule has 0 saturated carbocycles. The minimum absolute atomic E-state index is 0.0323. The number of hydrogen-bond donors (Lipinski definition) is 1. The molecule has 1 heterocycles. The lowest BCUT2D eigenvalue weighted by molar-refractivity contribution is 0.352. The molecule has 2 N–H and O–H groups in total. The second-order valence-corrected chi connectivity index (χ2v) is 6.85. The minimum Gasteiger partial charge on any atom is -0.493 e. The van der Waals surface area contributed by atoms with Gasteiger partial charge in [-0.2, -0.15) is 0 Å². The molecule has 20 heavy (non-hydrogen) atoms. The van der Waals surface area contributed by atoms with Crippen LogP contribution in [0.1, 0.15) is 22.7 Å². The van der Waals surface area contributed by atoms with E-state index in [9.17, 15) is 0 Å². The van der Waals surface area contributed by atoms with Gasteiger partial charge in [-0.15, -0.1) is 0 Å². The predicted molar refractivity (Wildman–Crippen MR) is 88.1 cm³/mol. The molecule has 3 rings (SSSR count). The molecule has 2 nitrogen and oxygen atoms in total. The van der Waals surface area contributed by atoms with Crippen molar-refractivity contribution in [2.45, 2.75) is 18.9 Å². The van der Waals surface area contributed by atoms with Gasteiger partial charge < -0.3 is 10.5 Å². The highest BCUT2D eigenvalue weighted by atomic mass is 79.9. The molecule has 0 bridgehead atoms. The van der Waals surface area contributed by atoms with Gasteiger partial charge in [0.1, 0.15) is 5.75 Å². The number of benzene rings is 2. The van der Waals surface area contributed by atoms with Crippen LogP contribution in [0.25, 0.3) is 0 Å². The van der Waals surface area contributed by atoms with E-state index in [-0.39, 0.29) is 6.04 Å². The lowest BCUT2D eigenvalue weighted by Gasteiger charge is -2.15. The summed E-state index contributed by atoms with van der Waals surface area (Å²) in [6.45, 7) is 0.769. The molecule has 1 atom stereocenters. The summed E-state index contributed by atoms with van der Waals surface area (Å²) in [5.74, 6) is 1.03. The van der Waals surface area contributed by atoms with Crippen molar-refractivity contribution in [3.8, 4) is 5.75 Å². The van der Waals surface area contributed by atoms with E-state index >= 15 is 0 Å². The Hall–Kier alpha value is -0.840. The number of fused-ring (bicyclic) bond motifs is 1. The fourth-order valence-corrected chi connectivity index (χ4v) is 3.56. The second kappa shape index (κ2) is 5.88. The van der Waals surface area contributed by atoms with Crippen LogP contribution in [0.4, 0.5) is 0 Å². The van der Waals surface area contributed by atoms with Gasteiger partial charge in [-0.1, -0.05) is 44.0 Å². The first kappa shape index (κ1) is 14.1. The van der Waals surface area contributed by atoms with Gasteiger partial charge in [0.2, 0.25) is 0 Å². The summed E-state index contributed by atoms with van der Waals surface area (Å²) in [6.07, 6.45) is 1.76. The Morgan fingerprint density at radius 3 is 2.80 bits per heavy atom. The lowest BCUT2D eigenvalue weighted by atomic mass is 9.97. The number of halogens is 2. The van der Waals surface area contributed by atoms with Gasteiger partial charge in [0.15, 0.2) is 0 Å². The van der Waals surface area contributed by atoms with Gasteiger partial charge in [-0.25, -0.2) is 0 Å². The van der Waals surface area contributed by atoms with E-state index in [1.807, 2.05) is 12.1 Å². The predicted octanol–water partition coefficient (Wildman–Crippen LogP) is 4.39. The monoisotopic (exact) mass is 395 g/mol. The van der Waals surface area contributed by atoms with Crippen molar-refractivity contribution >= 4 is 31.9 Å². The SMILES string of the molecule is NC(Cc1cc(Br)cc2c1OCC2)c1cccc(Br)c1. The molecule has 0 fully saturated rings. The van der Waals surface area contributed by atoms with Crippen LogP contribution < -0.4 is 10.5 Å². The Balaban J connectivity index is 1.88. The topological polar surface area (TPSA) is 35.2 Å².